The van der Waals surface area contributed by atoms with E-state index in [0.29, 0.717) is 11.1 Å². The molecule has 6 heteroatoms. The minimum Gasteiger partial charge on any atom is -0.508 e. The van der Waals surface area contributed by atoms with Crippen molar-refractivity contribution in [2.75, 3.05) is 11.9 Å². The molecule has 1 aromatic heterocycles. The number of phenolic OH excluding ortho intramolecular Hbond substituents is 1. The van der Waals surface area contributed by atoms with Gasteiger partial charge in [0.25, 0.3) is 5.91 Å². The van der Waals surface area contributed by atoms with Crippen molar-refractivity contribution in [3.63, 3.8) is 0 Å². The fourth-order valence-corrected chi connectivity index (χ4v) is 3.14. The maximum Gasteiger partial charge on any atom is 0.310 e. The number of hydrogen-bond acceptors (Lipinski definition) is 5. The topological polar surface area (TPSA) is 88.8 Å². The predicted molar refractivity (Wildman–Crippen MR) is 106 cm³/mol. The molecule has 0 atom stereocenters. The number of amides is 1. The summed E-state index contributed by atoms with van der Waals surface area (Å²) in [4.78, 5) is 24.4. The van der Waals surface area contributed by atoms with Crippen LogP contribution in [0.3, 0.4) is 0 Å². The lowest BCUT2D eigenvalue weighted by Crippen LogP contribution is -2.22. The summed E-state index contributed by atoms with van der Waals surface area (Å²) >= 11 is 0. The summed E-state index contributed by atoms with van der Waals surface area (Å²) in [6.45, 7) is 3.70. The van der Waals surface area contributed by atoms with Crippen LogP contribution in [0.1, 0.15) is 30.5 Å². The van der Waals surface area contributed by atoms with E-state index in [2.05, 4.69) is 5.32 Å². The minimum atomic E-state index is -0.523. The molecular weight excluding hydrogens is 358 g/mol. The second kappa shape index (κ2) is 8.61. The van der Waals surface area contributed by atoms with Crippen LogP contribution in [-0.2, 0) is 33.6 Å². The molecule has 0 saturated heterocycles. The van der Waals surface area contributed by atoms with Crippen molar-refractivity contribution in [3.8, 4) is 5.75 Å². The summed E-state index contributed by atoms with van der Waals surface area (Å²) in [7, 11) is 0. The largest absolute Gasteiger partial charge is 0.508 e. The van der Waals surface area contributed by atoms with Gasteiger partial charge >= 0.3 is 5.97 Å². The van der Waals surface area contributed by atoms with Gasteiger partial charge in [-0.2, -0.15) is 0 Å². The molecule has 3 rings (SSSR count). The Morgan fingerprint density at radius 1 is 1.07 bits per heavy atom. The predicted octanol–water partition coefficient (Wildman–Crippen LogP) is 3.99. The molecule has 0 fully saturated rings. The van der Waals surface area contributed by atoms with Crippen LogP contribution in [0.25, 0.3) is 11.0 Å². The van der Waals surface area contributed by atoms with Crippen LogP contribution in [0.4, 0.5) is 5.69 Å². The van der Waals surface area contributed by atoms with Crippen molar-refractivity contribution in [1.82, 2.24) is 0 Å². The number of phenols is 1. The number of carbonyl (C=O) groups is 2. The second-order valence-corrected chi connectivity index (χ2v) is 6.49. The quantitative estimate of drug-likeness (QED) is 0.604. The average molecular weight is 381 g/mol. The molecule has 0 radical (unpaired) electrons. The van der Waals surface area contributed by atoms with Crippen LogP contribution in [-0.4, -0.2) is 23.6 Å². The zero-order valence-corrected chi connectivity index (χ0v) is 16.0. The van der Waals surface area contributed by atoms with E-state index in [1.807, 2.05) is 32.0 Å². The lowest BCUT2D eigenvalue weighted by molar-refractivity contribution is -0.146. The highest BCUT2D eigenvalue weighted by atomic mass is 16.5. The minimum absolute atomic E-state index is 0.0171. The van der Waals surface area contributed by atoms with E-state index in [4.69, 9.17) is 9.15 Å². The van der Waals surface area contributed by atoms with Crippen LogP contribution in [0.15, 0.2) is 47.1 Å². The number of nitrogens with one attached hydrogen (secondary N) is 1. The molecule has 3 aromatic rings. The van der Waals surface area contributed by atoms with Gasteiger partial charge in [-0.3, -0.25) is 9.59 Å². The number of aryl methyl sites for hydroxylation is 2. The number of anilines is 1. The molecule has 0 saturated carbocycles. The van der Waals surface area contributed by atoms with Gasteiger partial charge in [0.1, 0.15) is 11.3 Å². The van der Waals surface area contributed by atoms with Crippen molar-refractivity contribution in [2.45, 2.75) is 33.1 Å². The molecule has 2 aromatic carbocycles. The molecular formula is C22H23NO5. The van der Waals surface area contributed by atoms with Gasteiger partial charge < -0.3 is 19.6 Å². The van der Waals surface area contributed by atoms with Gasteiger partial charge in [-0.05, 0) is 36.1 Å². The number of esters is 1. The Labute approximate surface area is 163 Å². The van der Waals surface area contributed by atoms with Gasteiger partial charge in [0.2, 0.25) is 0 Å². The van der Waals surface area contributed by atoms with Crippen molar-refractivity contribution in [3.05, 3.63) is 59.4 Å². The van der Waals surface area contributed by atoms with Gasteiger partial charge in [-0.1, -0.05) is 32.0 Å². The number of carbonyl (C=O) groups excluding carboxylic acids is 2. The Morgan fingerprint density at radius 3 is 2.46 bits per heavy atom. The van der Waals surface area contributed by atoms with Crippen LogP contribution < -0.4 is 5.32 Å². The maximum absolute atomic E-state index is 12.3. The van der Waals surface area contributed by atoms with Gasteiger partial charge in [0.05, 0.1) is 12.7 Å². The molecule has 0 bridgehead atoms. The Morgan fingerprint density at radius 2 is 1.79 bits per heavy atom. The Hall–Kier alpha value is -3.28. The van der Waals surface area contributed by atoms with Gasteiger partial charge in [0.15, 0.2) is 6.61 Å². The standard InChI is InChI=1S/C22H23NO5/c1-3-14-6-5-7-15(4-2)22(14)23-20(25)13-28-21(26)10-16-12-27-19-11-17(24)8-9-18(16)19/h5-9,11-12,24H,3-4,10,13H2,1-2H3,(H,23,25). The number of benzene rings is 2. The Kier molecular flexibility index (Phi) is 5.99. The van der Waals surface area contributed by atoms with Crippen LogP contribution in [0.2, 0.25) is 0 Å². The summed E-state index contributed by atoms with van der Waals surface area (Å²) in [5.41, 5.74) is 4.03. The number of fused-ring (bicyclic) bond motifs is 1. The molecule has 0 aliphatic carbocycles. The fraction of sp³-hybridized carbons (Fsp3) is 0.273. The zero-order chi connectivity index (χ0) is 20.1. The third-order valence-electron chi connectivity index (χ3n) is 4.60. The SMILES string of the molecule is CCc1cccc(CC)c1NC(=O)COC(=O)Cc1coc2cc(O)ccc12. The fourth-order valence-electron chi connectivity index (χ4n) is 3.14. The van der Waals surface area contributed by atoms with Gasteiger partial charge in [-0.25, -0.2) is 0 Å². The number of rotatable bonds is 7. The summed E-state index contributed by atoms with van der Waals surface area (Å²) in [6.07, 6.45) is 3.03. The van der Waals surface area contributed by atoms with E-state index >= 15 is 0 Å². The van der Waals surface area contributed by atoms with Gasteiger partial charge in [0, 0.05) is 22.7 Å². The first kappa shape index (κ1) is 19.5. The molecule has 1 heterocycles. The molecule has 2 N–H and O–H groups in total. The zero-order valence-electron chi connectivity index (χ0n) is 16.0. The van der Waals surface area contributed by atoms with E-state index in [9.17, 15) is 14.7 Å². The Balaban J connectivity index is 1.59. The number of furan rings is 1. The van der Waals surface area contributed by atoms with Crippen molar-refractivity contribution in [1.29, 1.82) is 0 Å². The van der Waals surface area contributed by atoms with Crippen LogP contribution >= 0.6 is 0 Å². The first-order valence-electron chi connectivity index (χ1n) is 9.27. The summed E-state index contributed by atoms with van der Waals surface area (Å²) in [5.74, 6) is -0.803. The number of ether oxygens (including phenoxy) is 1. The van der Waals surface area contributed by atoms with Crippen molar-refractivity contribution >= 4 is 28.5 Å². The Bertz CT molecular complexity index is 983. The molecule has 0 spiro atoms. The van der Waals surface area contributed by atoms with E-state index in [-0.39, 0.29) is 24.7 Å². The highest BCUT2D eigenvalue weighted by Crippen LogP contribution is 2.25. The van der Waals surface area contributed by atoms with E-state index < -0.39 is 5.97 Å². The molecule has 0 aliphatic heterocycles. The van der Waals surface area contributed by atoms with Crippen LogP contribution in [0, 0.1) is 0 Å². The third kappa shape index (κ3) is 4.34. The lowest BCUT2D eigenvalue weighted by atomic mass is 10.0. The molecule has 0 aliphatic rings. The smallest absolute Gasteiger partial charge is 0.310 e. The molecule has 146 valence electrons. The highest BCUT2D eigenvalue weighted by Gasteiger charge is 2.15. The van der Waals surface area contributed by atoms with Crippen molar-refractivity contribution in [2.24, 2.45) is 0 Å². The van der Waals surface area contributed by atoms with E-state index in [0.717, 1.165) is 35.0 Å². The third-order valence-corrected chi connectivity index (χ3v) is 4.60. The summed E-state index contributed by atoms with van der Waals surface area (Å²) in [5, 5.41) is 13.1. The maximum atomic E-state index is 12.3. The molecule has 28 heavy (non-hydrogen) atoms. The van der Waals surface area contributed by atoms with E-state index in [1.54, 1.807) is 6.07 Å². The van der Waals surface area contributed by atoms with E-state index in [1.165, 1.54) is 18.4 Å². The normalized spacial score (nSPS) is 10.8. The number of aromatic hydroxyl groups is 1. The number of hydrogen-bond donors (Lipinski definition) is 2. The number of para-hydroxylation sites is 1. The van der Waals surface area contributed by atoms with Gasteiger partial charge in [-0.15, -0.1) is 0 Å². The molecule has 0 unspecified atom stereocenters. The monoisotopic (exact) mass is 381 g/mol. The summed E-state index contributed by atoms with van der Waals surface area (Å²) in [6, 6.07) is 10.6. The average Bonchev–Trinajstić information content (AvgIpc) is 3.08. The van der Waals surface area contributed by atoms with Crippen LogP contribution in [0.5, 0.6) is 5.75 Å². The highest BCUT2D eigenvalue weighted by molar-refractivity contribution is 5.94. The summed E-state index contributed by atoms with van der Waals surface area (Å²) < 4.78 is 10.5. The molecule has 6 nitrogen and oxygen atoms in total. The molecule has 1 amide bonds. The first-order chi connectivity index (χ1) is 13.5. The van der Waals surface area contributed by atoms with Crippen molar-refractivity contribution < 1.29 is 23.8 Å². The second-order valence-electron chi connectivity index (χ2n) is 6.49. The first-order valence-corrected chi connectivity index (χ1v) is 9.27. The lowest BCUT2D eigenvalue weighted by Gasteiger charge is -2.14.